The molecule has 0 aliphatic carbocycles. The van der Waals surface area contributed by atoms with Crippen LogP contribution in [0.1, 0.15) is 25.1 Å². The van der Waals surface area contributed by atoms with E-state index in [1.165, 1.54) is 0 Å². The minimum absolute atomic E-state index is 0.149. The number of ether oxygens (including phenoxy) is 1. The van der Waals surface area contributed by atoms with Crippen molar-refractivity contribution in [3.8, 4) is 0 Å². The van der Waals surface area contributed by atoms with Gasteiger partial charge in [0, 0.05) is 6.42 Å². The molecule has 1 aromatic rings. The summed E-state index contributed by atoms with van der Waals surface area (Å²) in [6.07, 6.45) is -2.14. The molecular weight excluding hydrogens is 254 g/mol. The zero-order valence-electron chi connectivity index (χ0n) is 10.9. The molecule has 0 bridgehead atoms. The molecule has 0 spiro atoms. The quantitative estimate of drug-likeness (QED) is 0.535. The number of nitrogens with zero attached hydrogens (tertiary/aromatic N) is 2. The van der Waals surface area contributed by atoms with Gasteiger partial charge in [-0.05, 0) is 20.3 Å². The van der Waals surface area contributed by atoms with Crippen LogP contribution in [0, 0.1) is 6.92 Å². The first-order valence-corrected chi connectivity index (χ1v) is 6.03. The number of aromatic nitrogens is 2. The lowest BCUT2D eigenvalue weighted by molar-refractivity contribution is -0.149. The number of hydrogen-bond acceptors (Lipinski definition) is 8. The van der Waals surface area contributed by atoms with Gasteiger partial charge in [0.05, 0.1) is 12.7 Å². The van der Waals surface area contributed by atoms with Gasteiger partial charge >= 0.3 is 5.97 Å². The molecule has 8 heteroatoms. The first-order chi connectivity index (χ1) is 8.95. The third-order valence-electron chi connectivity index (χ3n) is 2.54. The van der Waals surface area contributed by atoms with Crippen molar-refractivity contribution in [1.29, 1.82) is 0 Å². The summed E-state index contributed by atoms with van der Waals surface area (Å²) < 4.78 is 9.53. The molecule has 0 radical (unpaired) electrons. The summed E-state index contributed by atoms with van der Waals surface area (Å²) in [5.74, 6) is 0.101. The van der Waals surface area contributed by atoms with Crippen molar-refractivity contribution in [1.82, 2.24) is 10.1 Å². The Morgan fingerprint density at radius 1 is 1.53 bits per heavy atom. The number of hydrogen-bond donors (Lipinski definition) is 3. The molecule has 0 aliphatic heterocycles. The highest BCUT2D eigenvalue weighted by Crippen LogP contribution is 2.09. The molecule has 1 aromatic heterocycles. The van der Waals surface area contributed by atoms with E-state index in [-0.39, 0.29) is 19.4 Å². The molecule has 8 nitrogen and oxygen atoms in total. The molecule has 3 atom stereocenters. The second-order valence-corrected chi connectivity index (χ2v) is 4.11. The van der Waals surface area contributed by atoms with Gasteiger partial charge in [-0.25, -0.2) is 0 Å². The standard InChI is InChI=1S/C11H19N3O5/c1-3-18-11(17)9(12)10(16)7(15)4-5-8-13-6(2)14-19-8/h7,9-10,15-16H,3-5,12H2,1-2H3. The van der Waals surface area contributed by atoms with E-state index in [0.29, 0.717) is 11.7 Å². The minimum Gasteiger partial charge on any atom is -0.465 e. The Bertz CT molecular complexity index is 409. The Kier molecular flexibility index (Phi) is 5.87. The van der Waals surface area contributed by atoms with Gasteiger partial charge in [0.15, 0.2) is 5.82 Å². The van der Waals surface area contributed by atoms with Crippen molar-refractivity contribution in [2.75, 3.05) is 6.61 Å². The maximum absolute atomic E-state index is 11.3. The first kappa shape index (κ1) is 15.5. The topological polar surface area (TPSA) is 132 Å². The summed E-state index contributed by atoms with van der Waals surface area (Å²) in [5.41, 5.74) is 5.48. The maximum atomic E-state index is 11.3. The molecule has 1 heterocycles. The van der Waals surface area contributed by atoms with Gasteiger partial charge in [0.1, 0.15) is 12.1 Å². The molecule has 0 fully saturated rings. The van der Waals surface area contributed by atoms with Gasteiger partial charge < -0.3 is 25.2 Å². The number of aryl methyl sites for hydroxylation is 2. The van der Waals surface area contributed by atoms with Crippen molar-refractivity contribution in [3.63, 3.8) is 0 Å². The minimum atomic E-state index is -1.40. The summed E-state index contributed by atoms with van der Waals surface area (Å²) >= 11 is 0. The third kappa shape index (κ3) is 4.58. The van der Waals surface area contributed by atoms with Gasteiger partial charge in [-0.3, -0.25) is 4.79 Å². The number of esters is 1. The number of aliphatic hydroxyl groups excluding tert-OH is 2. The fourth-order valence-electron chi connectivity index (χ4n) is 1.50. The molecular formula is C11H19N3O5. The van der Waals surface area contributed by atoms with Crippen molar-refractivity contribution in [2.24, 2.45) is 5.73 Å². The molecule has 19 heavy (non-hydrogen) atoms. The van der Waals surface area contributed by atoms with Gasteiger partial charge in [0.2, 0.25) is 5.89 Å². The third-order valence-corrected chi connectivity index (χ3v) is 2.54. The van der Waals surface area contributed by atoms with Gasteiger partial charge in [-0.1, -0.05) is 5.16 Å². The second kappa shape index (κ2) is 7.17. The number of carbonyl (C=O) groups is 1. The van der Waals surface area contributed by atoms with Crippen molar-refractivity contribution < 1.29 is 24.3 Å². The summed E-state index contributed by atoms with van der Waals surface area (Å²) in [6, 6.07) is -1.28. The van der Waals surface area contributed by atoms with Crippen LogP contribution in [-0.2, 0) is 16.0 Å². The summed E-state index contributed by atoms with van der Waals surface area (Å²) in [4.78, 5) is 15.3. The Labute approximate surface area is 110 Å². The lowest BCUT2D eigenvalue weighted by Crippen LogP contribution is -2.49. The largest absolute Gasteiger partial charge is 0.465 e. The summed E-state index contributed by atoms with van der Waals surface area (Å²) in [7, 11) is 0. The fraction of sp³-hybridized carbons (Fsp3) is 0.727. The number of carbonyl (C=O) groups excluding carboxylic acids is 1. The second-order valence-electron chi connectivity index (χ2n) is 4.11. The number of nitrogens with two attached hydrogens (primary N) is 1. The number of rotatable bonds is 7. The van der Waals surface area contributed by atoms with Crippen LogP contribution in [0.2, 0.25) is 0 Å². The van der Waals surface area contributed by atoms with Gasteiger partial charge in [-0.15, -0.1) is 0 Å². The van der Waals surface area contributed by atoms with Gasteiger partial charge in [0.25, 0.3) is 0 Å². The molecule has 4 N–H and O–H groups in total. The fourth-order valence-corrected chi connectivity index (χ4v) is 1.50. The van der Waals surface area contributed by atoms with Crippen LogP contribution in [0.25, 0.3) is 0 Å². The van der Waals surface area contributed by atoms with Crippen molar-refractivity contribution in [3.05, 3.63) is 11.7 Å². The van der Waals surface area contributed by atoms with E-state index in [4.69, 9.17) is 10.3 Å². The van der Waals surface area contributed by atoms with Crippen molar-refractivity contribution in [2.45, 2.75) is 44.9 Å². The predicted molar refractivity (Wildman–Crippen MR) is 64.0 cm³/mol. The van der Waals surface area contributed by atoms with Crippen LogP contribution >= 0.6 is 0 Å². The zero-order chi connectivity index (χ0) is 14.4. The van der Waals surface area contributed by atoms with E-state index in [1.807, 2.05) is 0 Å². The van der Waals surface area contributed by atoms with E-state index in [2.05, 4.69) is 14.9 Å². The molecule has 0 aliphatic rings. The molecule has 0 amide bonds. The smallest absolute Gasteiger partial charge is 0.325 e. The van der Waals surface area contributed by atoms with E-state index in [0.717, 1.165) is 0 Å². The average Bonchev–Trinajstić information content (AvgIpc) is 2.80. The van der Waals surface area contributed by atoms with E-state index >= 15 is 0 Å². The highest BCUT2D eigenvalue weighted by molar-refractivity contribution is 5.76. The van der Waals surface area contributed by atoms with E-state index < -0.39 is 24.2 Å². The monoisotopic (exact) mass is 273 g/mol. The SMILES string of the molecule is CCOC(=O)C(N)C(O)C(O)CCc1nc(C)no1. The highest BCUT2D eigenvalue weighted by atomic mass is 16.5. The molecule has 3 unspecified atom stereocenters. The lowest BCUT2D eigenvalue weighted by Gasteiger charge is -2.21. The van der Waals surface area contributed by atoms with Crippen LogP contribution in [0.3, 0.4) is 0 Å². The lowest BCUT2D eigenvalue weighted by atomic mass is 10.0. The van der Waals surface area contributed by atoms with Crippen LogP contribution < -0.4 is 5.73 Å². The Balaban J connectivity index is 2.43. The van der Waals surface area contributed by atoms with Crippen LogP contribution in [0.15, 0.2) is 4.52 Å². The molecule has 0 aromatic carbocycles. The Morgan fingerprint density at radius 3 is 2.74 bits per heavy atom. The van der Waals surface area contributed by atoms with Crippen molar-refractivity contribution >= 4 is 5.97 Å². The first-order valence-electron chi connectivity index (χ1n) is 6.03. The summed E-state index contributed by atoms with van der Waals surface area (Å²) in [6.45, 7) is 3.47. The maximum Gasteiger partial charge on any atom is 0.325 e. The number of aliphatic hydroxyl groups is 2. The summed E-state index contributed by atoms with van der Waals surface area (Å²) in [5, 5.41) is 23.1. The van der Waals surface area contributed by atoms with E-state index in [9.17, 15) is 15.0 Å². The highest BCUT2D eigenvalue weighted by Gasteiger charge is 2.30. The molecule has 1 rings (SSSR count). The van der Waals surface area contributed by atoms with Crippen LogP contribution in [0.4, 0.5) is 0 Å². The molecule has 0 saturated heterocycles. The van der Waals surface area contributed by atoms with Crippen LogP contribution in [0.5, 0.6) is 0 Å². The molecule has 108 valence electrons. The Hall–Kier alpha value is -1.51. The van der Waals surface area contributed by atoms with Gasteiger partial charge in [-0.2, -0.15) is 4.98 Å². The zero-order valence-corrected chi connectivity index (χ0v) is 10.9. The van der Waals surface area contributed by atoms with E-state index in [1.54, 1.807) is 13.8 Å². The average molecular weight is 273 g/mol. The molecule has 0 saturated carbocycles. The predicted octanol–water partition coefficient (Wildman–Crippen LogP) is -1.08. The Morgan fingerprint density at radius 2 is 2.21 bits per heavy atom. The normalized spacial score (nSPS) is 15.8. The van der Waals surface area contributed by atoms with Crippen LogP contribution in [-0.4, -0.2) is 51.2 Å².